The molecule has 0 unspecified atom stereocenters. The summed E-state index contributed by atoms with van der Waals surface area (Å²) in [6, 6.07) is 6.81. The van der Waals surface area contributed by atoms with E-state index in [9.17, 15) is 9.59 Å². The highest BCUT2D eigenvalue weighted by atomic mass is 79.9. The van der Waals surface area contributed by atoms with Crippen LogP contribution >= 0.6 is 15.9 Å². The number of hydrogen-bond acceptors (Lipinski definition) is 3. The molecule has 0 atom stereocenters. The van der Waals surface area contributed by atoms with Crippen LogP contribution in [0.3, 0.4) is 0 Å². The second-order valence-electron chi connectivity index (χ2n) is 4.16. The monoisotopic (exact) mass is 337 g/mol. The summed E-state index contributed by atoms with van der Waals surface area (Å²) in [5.41, 5.74) is 0.123. The molecule has 20 heavy (non-hydrogen) atoms. The maximum absolute atomic E-state index is 11.4. The molecule has 0 bridgehead atoms. The number of carboxylic acids is 1. The van der Waals surface area contributed by atoms with E-state index in [1.165, 1.54) is 12.3 Å². The van der Waals surface area contributed by atoms with Crippen molar-refractivity contribution in [2.45, 2.75) is 6.54 Å². The molecule has 104 valence electrons. The van der Waals surface area contributed by atoms with Gasteiger partial charge in [-0.05, 0) is 18.2 Å². The Balaban J connectivity index is 2.40. The van der Waals surface area contributed by atoms with Gasteiger partial charge < -0.3 is 14.4 Å². The highest BCUT2D eigenvalue weighted by Gasteiger charge is 2.10. The molecular weight excluding hydrogens is 326 g/mol. The molecular formula is C14H12BrNO4. The number of methoxy groups -OCH3 is 1. The maximum atomic E-state index is 11.4. The maximum Gasteiger partial charge on any atom is 0.341 e. The highest BCUT2D eigenvalue weighted by molar-refractivity contribution is 9.10. The van der Waals surface area contributed by atoms with Gasteiger partial charge in [0.15, 0.2) is 5.43 Å². The largest absolute Gasteiger partial charge is 0.496 e. The van der Waals surface area contributed by atoms with Gasteiger partial charge in [-0.1, -0.05) is 15.9 Å². The molecule has 0 radical (unpaired) electrons. The molecule has 0 saturated heterocycles. The number of hydrogen-bond donors (Lipinski definition) is 1. The molecule has 2 aromatic rings. The summed E-state index contributed by atoms with van der Waals surface area (Å²) in [5, 5.41) is 8.96. The van der Waals surface area contributed by atoms with Gasteiger partial charge in [0.05, 0.1) is 13.7 Å². The SMILES string of the molecule is COc1ccc(Br)cc1Cn1ccc(=O)c(C(=O)O)c1. The lowest BCUT2D eigenvalue weighted by molar-refractivity contribution is 0.0694. The topological polar surface area (TPSA) is 68.5 Å². The normalized spacial score (nSPS) is 10.3. The van der Waals surface area contributed by atoms with Crippen molar-refractivity contribution >= 4 is 21.9 Å². The van der Waals surface area contributed by atoms with E-state index in [1.54, 1.807) is 17.9 Å². The second-order valence-corrected chi connectivity index (χ2v) is 5.07. The number of halogens is 1. The Hall–Kier alpha value is -2.08. The lowest BCUT2D eigenvalue weighted by Gasteiger charge is -2.11. The molecule has 0 spiro atoms. The zero-order valence-electron chi connectivity index (χ0n) is 10.7. The van der Waals surface area contributed by atoms with E-state index in [0.717, 1.165) is 10.0 Å². The number of nitrogens with zero attached hydrogens (tertiary/aromatic N) is 1. The molecule has 2 rings (SSSR count). The van der Waals surface area contributed by atoms with Crippen LogP contribution in [-0.2, 0) is 6.54 Å². The number of aromatic nitrogens is 1. The third kappa shape index (κ3) is 3.08. The molecule has 5 nitrogen and oxygen atoms in total. The molecule has 0 aliphatic rings. The Morgan fingerprint density at radius 3 is 2.80 bits per heavy atom. The predicted molar refractivity (Wildman–Crippen MR) is 77.5 cm³/mol. The van der Waals surface area contributed by atoms with Crippen molar-refractivity contribution in [2.24, 2.45) is 0 Å². The first kappa shape index (κ1) is 14.3. The molecule has 6 heteroatoms. The van der Waals surface area contributed by atoms with E-state index in [4.69, 9.17) is 9.84 Å². The number of carboxylic acid groups (broad SMARTS) is 1. The minimum atomic E-state index is -1.23. The average molecular weight is 338 g/mol. The zero-order chi connectivity index (χ0) is 14.7. The van der Waals surface area contributed by atoms with Crippen molar-refractivity contribution in [3.05, 3.63) is 62.5 Å². The summed E-state index contributed by atoms with van der Waals surface area (Å²) in [5.74, 6) is -0.533. The van der Waals surface area contributed by atoms with Crippen LogP contribution in [0.15, 0.2) is 45.9 Å². The van der Waals surface area contributed by atoms with E-state index in [2.05, 4.69) is 15.9 Å². The van der Waals surface area contributed by atoms with Crippen LogP contribution in [0.4, 0.5) is 0 Å². The van der Waals surface area contributed by atoms with Crippen molar-refractivity contribution in [1.82, 2.24) is 4.57 Å². The lowest BCUT2D eigenvalue weighted by Crippen LogP contribution is -2.17. The summed E-state index contributed by atoms with van der Waals surface area (Å²) < 4.78 is 7.79. The zero-order valence-corrected chi connectivity index (χ0v) is 12.3. The molecule has 1 aromatic carbocycles. The molecule has 1 aromatic heterocycles. The van der Waals surface area contributed by atoms with Crippen LogP contribution in [0.2, 0.25) is 0 Å². The van der Waals surface area contributed by atoms with Crippen molar-refractivity contribution in [2.75, 3.05) is 7.11 Å². The number of pyridine rings is 1. The van der Waals surface area contributed by atoms with E-state index >= 15 is 0 Å². The Bertz CT molecular complexity index is 709. The van der Waals surface area contributed by atoms with Gasteiger partial charge in [-0.2, -0.15) is 0 Å². The number of rotatable bonds is 4. The summed E-state index contributed by atoms with van der Waals surface area (Å²) in [7, 11) is 1.57. The van der Waals surface area contributed by atoms with Gasteiger partial charge in [0.1, 0.15) is 11.3 Å². The van der Waals surface area contributed by atoms with Crippen molar-refractivity contribution in [3.63, 3.8) is 0 Å². The number of ether oxygens (including phenoxy) is 1. The van der Waals surface area contributed by atoms with E-state index in [-0.39, 0.29) is 5.56 Å². The van der Waals surface area contributed by atoms with Gasteiger partial charge in [-0.3, -0.25) is 4.79 Å². The van der Waals surface area contributed by atoms with Crippen molar-refractivity contribution in [1.29, 1.82) is 0 Å². The smallest absolute Gasteiger partial charge is 0.341 e. The van der Waals surface area contributed by atoms with Crippen LogP contribution < -0.4 is 10.2 Å². The number of benzene rings is 1. The van der Waals surface area contributed by atoms with Gasteiger partial charge in [-0.15, -0.1) is 0 Å². The summed E-state index contributed by atoms with van der Waals surface area (Å²) in [4.78, 5) is 22.4. The molecule has 0 aliphatic carbocycles. The van der Waals surface area contributed by atoms with Gasteiger partial charge >= 0.3 is 5.97 Å². The quantitative estimate of drug-likeness (QED) is 0.929. The summed E-state index contributed by atoms with van der Waals surface area (Å²) in [6.45, 7) is 0.406. The number of carbonyl (C=O) groups is 1. The van der Waals surface area contributed by atoms with Gasteiger partial charge in [0.25, 0.3) is 0 Å². The standard InChI is InChI=1S/C14H12BrNO4/c1-20-13-3-2-10(15)6-9(13)7-16-5-4-12(17)11(8-16)14(18)19/h2-6,8H,7H2,1H3,(H,18,19). The van der Waals surface area contributed by atoms with Crippen LogP contribution in [0.25, 0.3) is 0 Å². The van der Waals surface area contributed by atoms with Gasteiger partial charge in [0, 0.05) is 28.5 Å². The van der Waals surface area contributed by atoms with Crippen LogP contribution in [0, 0.1) is 0 Å². The lowest BCUT2D eigenvalue weighted by atomic mass is 10.2. The highest BCUT2D eigenvalue weighted by Crippen LogP contribution is 2.23. The minimum absolute atomic E-state index is 0.249. The molecule has 1 heterocycles. The summed E-state index contributed by atoms with van der Waals surface area (Å²) in [6.07, 6.45) is 2.88. The molecule has 0 aliphatic heterocycles. The fourth-order valence-corrected chi connectivity index (χ4v) is 2.26. The van der Waals surface area contributed by atoms with Crippen LogP contribution in [0.5, 0.6) is 5.75 Å². The van der Waals surface area contributed by atoms with Crippen LogP contribution in [0.1, 0.15) is 15.9 Å². The van der Waals surface area contributed by atoms with E-state index in [1.807, 2.05) is 18.2 Å². The third-order valence-corrected chi connectivity index (χ3v) is 3.30. The van der Waals surface area contributed by atoms with Crippen LogP contribution in [-0.4, -0.2) is 22.8 Å². The minimum Gasteiger partial charge on any atom is -0.496 e. The Morgan fingerprint density at radius 2 is 2.15 bits per heavy atom. The number of aromatic carboxylic acids is 1. The first-order valence-electron chi connectivity index (χ1n) is 5.77. The fraction of sp³-hybridized carbons (Fsp3) is 0.143. The molecule has 0 saturated carbocycles. The fourth-order valence-electron chi connectivity index (χ4n) is 1.85. The average Bonchev–Trinajstić information content (AvgIpc) is 2.41. The Labute approximate surface area is 123 Å². The van der Waals surface area contributed by atoms with Crippen molar-refractivity contribution in [3.8, 4) is 5.75 Å². The Morgan fingerprint density at radius 1 is 1.40 bits per heavy atom. The molecule has 1 N–H and O–H groups in total. The predicted octanol–water partition coefficient (Wildman–Crippen LogP) is 2.37. The van der Waals surface area contributed by atoms with E-state index in [0.29, 0.717) is 12.3 Å². The van der Waals surface area contributed by atoms with Gasteiger partial charge in [-0.25, -0.2) is 4.79 Å². The van der Waals surface area contributed by atoms with Gasteiger partial charge in [0.2, 0.25) is 0 Å². The molecule has 0 amide bonds. The summed E-state index contributed by atoms with van der Waals surface area (Å²) >= 11 is 3.38. The first-order valence-corrected chi connectivity index (χ1v) is 6.56. The Kier molecular flexibility index (Phi) is 4.24. The van der Waals surface area contributed by atoms with Crippen molar-refractivity contribution < 1.29 is 14.6 Å². The first-order chi connectivity index (χ1) is 9.51. The molecule has 0 fully saturated rings. The second kappa shape index (κ2) is 5.92. The third-order valence-electron chi connectivity index (χ3n) is 2.80. The van der Waals surface area contributed by atoms with E-state index < -0.39 is 11.4 Å².